The molecule has 1 atom stereocenters. The molecule has 3 amide bonds. The third-order valence-corrected chi connectivity index (χ3v) is 5.65. The van der Waals surface area contributed by atoms with Crippen LogP contribution in [0.3, 0.4) is 0 Å². The third-order valence-electron chi connectivity index (χ3n) is 5.65. The van der Waals surface area contributed by atoms with Crippen LogP contribution in [0.25, 0.3) is 0 Å². The summed E-state index contributed by atoms with van der Waals surface area (Å²) in [6.45, 7) is 5.57. The Hall–Kier alpha value is -2.99. The van der Waals surface area contributed by atoms with Gasteiger partial charge in [-0.2, -0.15) is 0 Å². The van der Waals surface area contributed by atoms with Crippen molar-refractivity contribution >= 4 is 17.7 Å². The maximum absolute atomic E-state index is 13.0. The zero-order valence-corrected chi connectivity index (χ0v) is 15.9. The molecule has 2 aromatic rings. The lowest BCUT2D eigenvalue weighted by atomic mass is 10.1. The van der Waals surface area contributed by atoms with Crippen molar-refractivity contribution in [3.8, 4) is 0 Å². The number of rotatable bonds is 4. The molecule has 1 unspecified atom stereocenters. The van der Waals surface area contributed by atoms with Crippen LogP contribution < -0.4 is 4.90 Å². The number of benzene rings is 2. The van der Waals surface area contributed by atoms with Gasteiger partial charge in [0.05, 0.1) is 37.3 Å². The van der Waals surface area contributed by atoms with Gasteiger partial charge in [0.1, 0.15) is 12.6 Å². The predicted octanol–water partition coefficient (Wildman–Crippen LogP) is 0.598. The normalized spacial score (nSPS) is 18.3. The number of carbonyl (C=O) groups excluding carboxylic acids is 3. The Kier molecular flexibility index (Phi) is 4.96. The topological polar surface area (TPSA) is 62.1 Å². The molecule has 6 nitrogen and oxygen atoms in total. The van der Waals surface area contributed by atoms with Crippen molar-refractivity contribution in [1.29, 1.82) is 0 Å². The molecule has 144 valence electrons. The number of hydrogen-bond donors (Lipinski definition) is 1. The molecular weight excluding hydrogens is 354 g/mol. The second-order valence-corrected chi connectivity index (χ2v) is 7.44. The highest BCUT2D eigenvalue weighted by atomic mass is 16.2. The summed E-state index contributed by atoms with van der Waals surface area (Å²) in [5.74, 6) is -0.919. The van der Waals surface area contributed by atoms with Crippen molar-refractivity contribution in [3.63, 3.8) is 0 Å². The summed E-state index contributed by atoms with van der Waals surface area (Å²) in [6, 6.07) is 16.3. The number of nitrogens with one attached hydrogen (secondary N) is 1. The van der Waals surface area contributed by atoms with Crippen molar-refractivity contribution in [2.24, 2.45) is 0 Å². The summed E-state index contributed by atoms with van der Waals surface area (Å²) in [4.78, 5) is 42.5. The quantitative estimate of drug-likeness (QED) is 0.793. The van der Waals surface area contributed by atoms with E-state index >= 15 is 0 Å². The molecule has 28 heavy (non-hydrogen) atoms. The van der Waals surface area contributed by atoms with E-state index in [2.05, 4.69) is 12.1 Å². The Morgan fingerprint density at radius 2 is 1.46 bits per heavy atom. The Balaban J connectivity index is 1.38. The van der Waals surface area contributed by atoms with Gasteiger partial charge in [0.2, 0.25) is 5.91 Å². The second kappa shape index (κ2) is 7.56. The fourth-order valence-corrected chi connectivity index (χ4v) is 4.04. The lowest BCUT2D eigenvalue weighted by Crippen LogP contribution is -3.13. The van der Waals surface area contributed by atoms with Crippen LogP contribution in [0.4, 0.5) is 0 Å². The molecule has 2 heterocycles. The first-order chi connectivity index (χ1) is 13.6. The van der Waals surface area contributed by atoms with Gasteiger partial charge in [0, 0.05) is 5.56 Å². The van der Waals surface area contributed by atoms with Crippen LogP contribution in [0.2, 0.25) is 0 Å². The Labute approximate surface area is 164 Å². The molecule has 0 spiro atoms. The number of carbonyl (C=O) groups is 3. The molecule has 4 rings (SSSR count). The first-order valence-electron chi connectivity index (χ1n) is 9.69. The van der Waals surface area contributed by atoms with E-state index in [0.717, 1.165) is 24.5 Å². The first-order valence-corrected chi connectivity index (χ1v) is 9.69. The predicted molar refractivity (Wildman–Crippen MR) is 104 cm³/mol. The number of quaternary nitrogens is 1. The van der Waals surface area contributed by atoms with Gasteiger partial charge in [0.25, 0.3) is 11.8 Å². The molecule has 0 radical (unpaired) electrons. The van der Waals surface area contributed by atoms with E-state index in [1.54, 1.807) is 36.1 Å². The monoisotopic (exact) mass is 378 g/mol. The SMILES string of the molecule is CC(C(=O)N1CC[NH+](Cc2ccccc2)CC1)N1C(=O)c2ccccc2C1=O. The third kappa shape index (κ3) is 3.31. The summed E-state index contributed by atoms with van der Waals surface area (Å²) in [7, 11) is 0. The van der Waals surface area contributed by atoms with Crippen LogP contribution in [0.1, 0.15) is 33.2 Å². The summed E-state index contributed by atoms with van der Waals surface area (Å²) < 4.78 is 0. The highest BCUT2D eigenvalue weighted by Gasteiger charge is 2.42. The maximum Gasteiger partial charge on any atom is 0.262 e. The minimum atomic E-state index is -0.789. The largest absolute Gasteiger partial charge is 0.330 e. The molecule has 2 aliphatic heterocycles. The summed E-state index contributed by atoms with van der Waals surface area (Å²) in [5.41, 5.74) is 2.05. The van der Waals surface area contributed by atoms with Gasteiger partial charge in [-0.3, -0.25) is 19.3 Å². The molecule has 1 saturated heterocycles. The number of imide groups is 1. The number of piperazine rings is 1. The minimum absolute atomic E-state index is 0.159. The lowest BCUT2D eigenvalue weighted by Gasteiger charge is -2.35. The van der Waals surface area contributed by atoms with Crippen LogP contribution in [-0.2, 0) is 11.3 Å². The minimum Gasteiger partial charge on any atom is -0.330 e. The Bertz CT molecular complexity index is 869. The smallest absolute Gasteiger partial charge is 0.262 e. The van der Waals surface area contributed by atoms with Crippen LogP contribution in [0, 0.1) is 0 Å². The fourth-order valence-electron chi connectivity index (χ4n) is 4.04. The standard InChI is InChI=1S/C22H23N3O3/c1-16(25-21(27)18-9-5-6-10-19(18)22(25)28)20(26)24-13-11-23(12-14-24)15-17-7-3-2-4-8-17/h2-10,16H,11-15H2,1H3/p+1. The van der Waals surface area contributed by atoms with Gasteiger partial charge in [0.15, 0.2) is 0 Å². The van der Waals surface area contributed by atoms with E-state index in [1.807, 2.05) is 18.2 Å². The highest BCUT2D eigenvalue weighted by Crippen LogP contribution is 2.25. The molecule has 0 saturated carbocycles. The van der Waals surface area contributed by atoms with Crippen LogP contribution >= 0.6 is 0 Å². The van der Waals surface area contributed by atoms with E-state index in [0.29, 0.717) is 24.2 Å². The van der Waals surface area contributed by atoms with E-state index < -0.39 is 6.04 Å². The molecule has 0 bridgehead atoms. The maximum atomic E-state index is 13.0. The van der Waals surface area contributed by atoms with Crippen molar-refractivity contribution in [2.75, 3.05) is 26.2 Å². The zero-order chi connectivity index (χ0) is 19.7. The van der Waals surface area contributed by atoms with Gasteiger partial charge in [-0.15, -0.1) is 0 Å². The number of hydrogen-bond acceptors (Lipinski definition) is 3. The number of fused-ring (bicyclic) bond motifs is 1. The molecule has 1 N–H and O–H groups in total. The van der Waals surface area contributed by atoms with E-state index in [-0.39, 0.29) is 17.7 Å². The van der Waals surface area contributed by atoms with Crippen LogP contribution in [0.15, 0.2) is 54.6 Å². The van der Waals surface area contributed by atoms with E-state index in [1.165, 1.54) is 10.5 Å². The van der Waals surface area contributed by atoms with Gasteiger partial charge >= 0.3 is 0 Å². The lowest BCUT2D eigenvalue weighted by molar-refractivity contribution is -0.917. The molecule has 6 heteroatoms. The average molecular weight is 378 g/mol. The Morgan fingerprint density at radius 1 is 0.929 bits per heavy atom. The molecular formula is C22H24N3O3+. The fraction of sp³-hybridized carbons (Fsp3) is 0.318. The zero-order valence-electron chi connectivity index (χ0n) is 15.9. The van der Waals surface area contributed by atoms with E-state index in [9.17, 15) is 14.4 Å². The van der Waals surface area contributed by atoms with Crippen molar-refractivity contribution in [3.05, 3.63) is 71.3 Å². The molecule has 2 aliphatic rings. The number of amides is 3. The van der Waals surface area contributed by atoms with Crippen molar-refractivity contribution in [1.82, 2.24) is 9.80 Å². The summed E-state index contributed by atoms with van der Waals surface area (Å²) in [6.07, 6.45) is 0. The Morgan fingerprint density at radius 3 is 2.04 bits per heavy atom. The van der Waals surface area contributed by atoms with Gasteiger partial charge in [-0.25, -0.2) is 0 Å². The number of nitrogens with zero attached hydrogens (tertiary/aromatic N) is 2. The van der Waals surface area contributed by atoms with Gasteiger partial charge < -0.3 is 9.80 Å². The molecule has 1 fully saturated rings. The second-order valence-electron chi connectivity index (χ2n) is 7.44. The molecule has 0 aliphatic carbocycles. The first kappa shape index (κ1) is 18.4. The van der Waals surface area contributed by atoms with Gasteiger partial charge in [-0.1, -0.05) is 42.5 Å². The van der Waals surface area contributed by atoms with Gasteiger partial charge in [-0.05, 0) is 19.1 Å². The van der Waals surface area contributed by atoms with Crippen molar-refractivity contribution in [2.45, 2.75) is 19.5 Å². The van der Waals surface area contributed by atoms with Crippen molar-refractivity contribution < 1.29 is 19.3 Å². The van der Waals surface area contributed by atoms with Crippen LogP contribution in [-0.4, -0.2) is 59.7 Å². The molecule has 0 aromatic heterocycles. The average Bonchev–Trinajstić information content (AvgIpc) is 2.99. The summed E-state index contributed by atoms with van der Waals surface area (Å²) >= 11 is 0. The van der Waals surface area contributed by atoms with Crippen LogP contribution in [0.5, 0.6) is 0 Å². The summed E-state index contributed by atoms with van der Waals surface area (Å²) in [5, 5.41) is 0. The highest BCUT2D eigenvalue weighted by molar-refractivity contribution is 6.22. The molecule has 2 aromatic carbocycles. The van der Waals surface area contributed by atoms with E-state index in [4.69, 9.17) is 0 Å².